The summed E-state index contributed by atoms with van der Waals surface area (Å²) in [5.74, 6) is -0.814. The van der Waals surface area contributed by atoms with Crippen LogP contribution in [0.1, 0.15) is 10.4 Å². The Balaban J connectivity index is 1.92. The first kappa shape index (κ1) is 17.4. The molecule has 5 N–H and O–H groups in total. The number of carbonyl (C=O) groups excluding carboxylic acids is 2. The molecular weight excluding hydrogens is 355 g/mol. The van der Waals surface area contributed by atoms with E-state index in [0.29, 0.717) is 21.1 Å². The van der Waals surface area contributed by atoms with Crippen LogP contribution < -0.4 is 21.7 Å². The summed E-state index contributed by atoms with van der Waals surface area (Å²) in [6.07, 6.45) is 8.60. The van der Waals surface area contributed by atoms with Crippen LogP contribution in [-0.2, 0) is 0 Å². The summed E-state index contributed by atoms with van der Waals surface area (Å²) in [5, 5.41) is 8.36. The molecule has 0 spiro atoms. The Morgan fingerprint density at radius 3 is 2.77 bits per heavy atom. The minimum atomic E-state index is -0.786. The molecule has 1 aromatic carbocycles. The standard InChI is InChI=1S/C18H15FN4O2S/c19-12-5-3-4-11(8-12)15-9-14(17(26-15)23-18(20)25)16(24)22-13-6-1-2-7-21-10-13/h1-10,21H,(H,22,24)(H3,20,23,25). The molecule has 3 amide bonds. The van der Waals surface area contributed by atoms with Crippen LogP contribution in [0.3, 0.4) is 0 Å². The van der Waals surface area contributed by atoms with E-state index in [9.17, 15) is 14.0 Å². The molecule has 8 heteroatoms. The first-order valence-electron chi connectivity index (χ1n) is 7.60. The van der Waals surface area contributed by atoms with Gasteiger partial charge < -0.3 is 16.4 Å². The van der Waals surface area contributed by atoms with Crippen LogP contribution >= 0.6 is 11.3 Å². The molecule has 1 aromatic heterocycles. The first-order valence-corrected chi connectivity index (χ1v) is 8.41. The highest BCUT2D eigenvalue weighted by Crippen LogP contribution is 2.35. The lowest BCUT2D eigenvalue weighted by Gasteiger charge is -2.06. The zero-order valence-corrected chi connectivity index (χ0v) is 14.3. The molecule has 1 aliphatic rings. The summed E-state index contributed by atoms with van der Waals surface area (Å²) in [6, 6.07) is 6.78. The van der Waals surface area contributed by atoms with Gasteiger partial charge in [-0.3, -0.25) is 10.1 Å². The highest BCUT2D eigenvalue weighted by atomic mass is 32.1. The van der Waals surface area contributed by atoms with Crippen molar-refractivity contribution < 1.29 is 14.0 Å². The molecule has 1 aliphatic heterocycles. The molecule has 0 saturated heterocycles. The number of hydrogen-bond donors (Lipinski definition) is 4. The van der Waals surface area contributed by atoms with E-state index in [0.717, 1.165) is 11.3 Å². The van der Waals surface area contributed by atoms with Gasteiger partial charge in [0.15, 0.2) is 0 Å². The van der Waals surface area contributed by atoms with Gasteiger partial charge in [-0.2, -0.15) is 0 Å². The van der Waals surface area contributed by atoms with Crippen molar-refractivity contribution >= 4 is 28.3 Å². The average molecular weight is 370 g/mol. The second kappa shape index (κ2) is 7.66. The highest BCUT2D eigenvalue weighted by Gasteiger charge is 2.19. The van der Waals surface area contributed by atoms with Crippen molar-refractivity contribution in [3.8, 4) is 10.4 Å². The van der Waals surface area contributed by atoms with Crippen molar-refractivity contribution in [2.24, 2.45) is 5.73 Å². The summed E-state index contributed by atoms with van der Waals surface area (Å²) in [4.78, 5) is 24.5. The van der Waals surface area contributed by atoms with E-state index in [2.05, 4.69) is 16.0 Å². The number of anilines is 1. The average Bonchev–Trinajstić information content (AvgIpc) is 2.83. The van der Waals surface area contributed by atoms with Gasteiger partial charge >= 0.3 is 6.03 Å². The number of nitrogens with two attached hydrogens (primary N) is 1. The van der Waals surface area contributed by atoms with E-state index < -0.39 is 17.8 Å². The lowest BCUT2D eigenvalue weighted by atomic mass is 10.1. The lowest BCUT2D eigenvalue weighted by molar-refractivity contribution is 0.0968. The minimum absolute atomic E-state index is 0.236. The third-order valence-electron chi connectivity index (χ3n) is 3.40. The molecule has 2 heterocycles. The Bertz CT molecular complexity index is 946. The highest BCUT2D eigenvalue weighted by molar-refractivity contribution is 7.20. The fraction of sp³-hybridized carbons (Fsp3) is 0. The first-order chi connectivity index (χ1) is 12.5. The maximum atomic E-state index is 13.5. The Labute approximate surface area is 152 Å². The van der Waals surface area contributed by atoms with Crippen LogP contribution in [0.15, 0.2) is 66.7 Å². The molecule has 26 heavy (non-hydrogen) atoms. The number of hydrogen-bond acceptors (Lipinski definition) is 4. The number of halogens is 1. The normalized spacial score (nSPS) is 12.7. The third kappa shape index (κ3) is 4.17. The zero-order chi connectivity index (χ0) is 18.5. The number of nitrogens with one attached hydrogen (secondary N) is 3. The summed E-state index contributed by atoms with van der Waals surface area (Å²) < 4.78 is 13.5. The smallest absolute Gasteiger partial charge is 0.317 e. The zero-order valence-electron chi connectivity index (χ0n) is 13.5. The fourth-order valence-corrected chi connectivity index (χ4v) is 3.34. The van der Waals surface area contributed by atoms with Crippen LogP contribution in [0.5, 0.6) is 0 Å². The molecule has 132 valence electrons. The summed E-state index contributed by atoms with van der Waals surface area (Å²) in [7, 11) is 0. The molecular formula is C18H15FN4O2S. The number of thiophene rings is 1. The van der Waals surface area contributed by atoms with Gasteiger partial charge in [-0.15, -0.1) is 11.3 Å². The number of primary amides is 1. The van der Waals surface area contributed by atoms with Gasteiger partial charge in [0.25, 0.3) is 5.91 Å². The summed E-state index contributed by atoms with van der Waals surface area (Å²) in [5.41, 5.74) is 6.57. The largest absolute Gasteiger partial charge is 0.366 e. The number of rotatable bonds is 4. The van der Waals surface area contributed by atoms with E-state index in [1.54, 1.807) is 48.8 Å². The summed E-state index contributed by atoms with van der Waals surface area (Å²) in [6.45, 7) is 0. The minimum Gasteiger partial charge on any atom is -0.366 e. The molecule has 2 aromatic rings. The van der Waals surface area contributed by atoms with Crippen molar-refractivity contribution in [2.45, 2.75) is 0 Å². The van der Waals surface area contributed by atoms with Gasteiger partial charge in [0, 0.05) is 17.3 Å². The molecule has 6 nitrogen and oxygen atoms in total. The van der Waals surface area contributed by atoms with Crippen LogP contribution in [-0.4, -0.2) is 11.9 Å². The molecule has 0 unspecified atom stereocenters. The number of carbonyl (C=O) groups is 2. The Hall–Kier alpha value is -3.39. The Morgan fingerprint density at radius 2 is 2.00 bits per heavy atom. The molecule has 3 rings (SSSR count). The molecule has 0 bridgehead atoms. The maximum Gasteiger partial charge on any atom is 0.317 e. The number of amides is 3. The fourth-order valence-electron chi connectivity index (χ4n) is 2.28. The van der Waals surface area contributed by atoms with Crippen molar-refractivity contribution in [2.75, 3.05) is 5.32 Å². The number of urea groups is 1. The molecule has 0 saturated carbocycles. The summed E-state index contributed by atoms with van der Waals surface area (Å²) >= 11 is 1.14. The molecule has 0 fully saturated rings. The second-order valence-electron chi connectivity index (χ2n) is 5.29. The van der Waals surface area contributed by atoms with Gasteiger partial charge in [-0.05, 0) is 35.9 Å². The van der Waals surface area contributed by atoms with Crippen molar-refractivity contribution in [1.29, 1.82) is 0 Å². The number of benzene rings is 1. The van der Waals surface area contributed by atoms with Crippen LogP contribution in [0.2, 0.25) is 0 Å². The van der Waals surface area contributed by atoms with E-state index in [4.69, 9.17) is 5.73 Å². The monoisotopic (exact) mass is 370 g/mol. The van der Waals surface area contributed by atoms with E-state index in [1.807, 2.05) is 0 Å². The maximum absolute atomic E-state index is 13.5. The van der Waals surface area contributed by atoms with Crippen LogP contribution in [0.25, 0.3) is 10.4 Å². The molecule has 0 aliphatic carbocycles. The SMILES string of the molecule is NC(=O)Nc1sc(-c2cccc(F)c2)cc1C(=O)NC1=CNC=CC=C1. The van der Waals surface area contributed by atoms with Crippen molar-refractivity contribution in [3.63, 3.8) is 0 Å². The second-order valence-corrected chi connectivity index (χ2v) is 6.34. The predicted molar refractivity (Wildman–Crippen MR) is 99.9 cm³/mol. The topological polar surface area (TPSA) is 96.2 Å². The van der Waals surface area contributed by atoms with Crippen molar-refractivity contribution in [3.05, 3.63) is 78.0 Å². The molecule has 0 atom stereocenters. The number of allylic oxidation sites excluding steroid dienone is 3. The Kier molecular flexibility index (Phi) is 5.14. The van der Waals surface area contributed by atoms with Crippen LogP contribution in [0.4, 0.5) is 14.2 Å². The third-order valence-corrected chi connectivity index (χ3v) is 4.50. The predicted octanol–water partition coefficient (Wildman–Crippen LogP) is 3.29. The van der Waals surface area contributed by atoms with Crippen LogP contribution in [0, 0.1) is 5.82 Å². The lowest BCUT2D eigenvalue weighted by Crippen LogP contribution is -2.25. The quantitative estimate of drug-likeness (QED) is 0.665. The van der Waals surface area contributed by atoms with E-state index in [-0.39, 0.29) is 5.56 Å². The van der Waals surface area contributed by atoms with Gasteiger partial charge in [0.2, 0.25) is 0 Å². The molecule has 0 radical (unpaired) electrons. The van der Waals surface area contributed by atoms with E-state index >= 15 is 0 Å². The van der Waals surface area contributed by atoms with Crippen molar-refractivity contribution in [1.82, 2.24) is 10.6 Å². The van der Waals surface area contributed by atoms with Gasteiger partial charge in [0.1, 0.15) is 10.8 Å². The van der Waals surface area contributed by atoms with Gasteiger partial charge in [0.05, 0.1) is 11.3 Å². The van der Waals surface area contributed by atoms with Gasteiger partial charge in [-0.1, -0.05) is 18.2 Å². The Morgan fingerprint density at radius 1 is 1.15 bits per heavy atom. The van der Waals surface area contributed by atoms with E-state index in [1.165, 1.54) is 12.1 Å². The van der Waals surface area contributed by atoms with Gasteiger partial charge in [-0.25, -0.2) is 9.18 Å².